The number of nitrogens with zero attached hydrogens (tertiary/aromatic N) is 3. The molecule has 0 aliphatic carbocycles. The molecule has 1 aromatic heterocycles. The number of hydrogen-bond acceptors (Lipinski definition) is 4. The molecule has 2 heterocycles. The van der Waals surface area contributed by atoms with Crippen molar-refractivity contribution in [2.24, 2.45) is 16.8 Å². The van der Waals surface area contributed by atoms with Crippen LogP contribution in [0.5, 0.6) is 0 Å². The number of rotatable bonds is 2. The molecule has 0 bridgehead atoms. The van der Waals surface area contributed by atoms with E-state index in [1.807, 2.05) is 12.1 Å². The molecule has 1 unspecified atom stereocenters. The quantitative estimate of drug-likeness (QED) is 0.338. The van der Waals surface area contributed by atoms with Crippen LogP contribution in [-0.2, 0) is 0 Å². The van der Waals surface area contributed by atoms with Crippen LogP contribution in [0.25, 0.3) is 0 Å². The van der Waals surface area contributed by atoms with Crippen molar-refractivity contribution in [1.29, 1.82) is 0 Å². The summed E-state index contributed by atoms with van der Waals surface area (Å²) >= 11 is 0. The average Bonchev–Trinajstić information content (AvgIpc) is 2.75. The van der Waals surface area contributed by atoms with Crippen molar-refractivity contribution in [3.8, 4) is 0 Å². The number of hydrogen-bond donors (Lipinski definition) is 2. The first kappa shape index (κ1) is 10.7. The summed E-state index contributed by atoms with van der Waals surface area (Å²) in [5.41, 5.74) is 6.10. The molecule has 1 aromatic rings. The molecule has 1 saturated heterocycles. The van der Waals surface area contributed by atoms with Gasteiger partial charge in [-0.15, -0.1) is 0 Å². The largest absolute Gasteiger partial charge is 0.409 e. The van der Waals surface area contributed by atoms with E-state index in [4.69, 9.17) is 10.9 Å². The van der Waals surface area contributed by atoms with Crippen molar-refractivity contribution < 1.29 is 5.21 Å². The Morgan fingerprint density at radius 3 is 2.94 bits per heavy atom. The maximum Gasteiger partial charge on any atom is 0.171 e. The van der Waals surface area contributed by atoms with Crippen molar-refractivity contribution in [3.63, 3.8) is 0 Å². The predicted octanol–water partition coefficient (Wildman–Crippen LogP) is 1.02. The second-order valence-electron chi connectivity index (χ2n) is 4.23. The van der Waals surface area contributed by atoms with Gasteiger partial charge in [0.1, 0.15) is 5.82 Å². The highest BCUT2D eigenvalue weighted by molar-refractivity contribution is 5.96. The molecule has 3 N–H and O–H groups in total. The molecule has 86 valence electrons. The zero-order valence-corrected chi connectivity index (χ0v) is 9.30. The monoisotopic (exact) mass is 220 g/mol. The lowest BCUT2D eigenvalue weighted by molar-refractivity contribution is 0.318. The zero-order chi connectivity index (χ0) is 11.5. The number of oxime groups is 1. The third-order valence-electron chi connectivity index (χ3n) is 2.90. The summed E-state index contributed by atoms with van der Waals surface area (Å²) in [4.78, 5) is 6.57. The van der Waals surface area contributed by atoms with Crippen LogP contribution in [0, 0.1) is 5.92 Å². The molecule has 2 rings (SSSR count). The van der Waals surface area contributed by atoms with E-state index in [0.717, 1.165) is 24.8 Å². The minimum absolute atomic E-state index is 0.0915. The first-order valence-electron chi connectivity index (χ1n) is 5.39. The van der Waals surface area contributed by atoms with Gasteiger partial charge in [0.2, 0.25) is 0 Å². The van der Waals surface area contributed by atoms with Crippen LogP contribution < -0.4 is 10.6 Å². The smallest absolute Gasteiger partial charge is 0.171 e. The Balaban J connectivity index is 2.13. The molecule has 0 saturated carbocycles. The number of nitrogens with two attached hydrogens (primary N) is 1. The fraction of sp³-hybridized carbons (Fsp3) is 0.455. The van der Waals surface area contributed by atoms with Gasteiger partial charge >= 0.3 is 0 Å². The van der Waals surface area contributed by atoms with Crippen molar-refractivity contribution in [1.82, 2.24) is 4.98 Å². The van der Waals surface area contributed by atoms with Crippen molar-refractivity contribution in [2.45, 2.75) is 13.3 Å². The first-order chi connectivity index (χ1) is 7.70. The Hall–Kier alpha value is -1.78. The molecule has 5 heteroatoms. The minimum atomic E-state index is 0.0915. The molecule has 5 nitrogen and oxygen atoms in total. The highest BCUT2D eigenvalue weighted by atomic mass is 16.4. The van der Waals surface area contributed by atoms with Gasteiger partial charge in [-0.25, -0.2) is 4.98 Å². The molecule has 16 heavy (non-hydrogen) atoms. The second-order valence-corrected chi connectivity index (χ2v) is 4.23. The van der Waals surface area contributed by atoms with Crippen LogP contribution >= 0.6 is 0 Å². The fourth-order valence-electron chi connectivity index (χ4n) is 1.93. The zero-order valence-electron chi connectivity index (χ0n) is 9.30. The Morgan fingerprint density at radius 2 is 2.44 bits per heavy atom. The van der Waals surface area contributed by atoms with Crippen molar-refractivity contribution >= 4 is 11.7 Å². The molecule has 1 atom stereocenters. The Kier molecular flexibility index (Phi) is 2.94. The Labute approximate surface area is 94.6 Å². The van der Waals surface area contributed by atoms with E-state index in [1.54, 1.807) is 6.20 Å². The van der Waals surface area contributed by atoms with Crippen LogP contribution in [0.15, 0.2) is 23.5 Å². The van der Waals surface area contributed by atoms with Gasteiger partial charge < -0.3 is 15.8 Å². The van der Waals surface area contributed by atoms with Gasteiger partial charge in [-0.05, 0) is 24.5 Å². The molecule has 0 spiro atoms. The molecule has 1 fully saturated rings. The van der Waals surface area contributed by atoms with E-state index in [2.05, 4.69) is 22.0 Å². The summed E-state index contributed by atoms with van der Waals surface area (Å²) in [6.07, 6.45) is 2.84. The SMILES string of the molecule is CC1CCN(c2ccc(C(N)=NO)cn2)C1. The van der Waals surface area contributed by atoms with Crippen molar-refractivity contribution in [3.05, 3.63) is 23.9 Å². The van der Waals surface area contributed by atoms with Gasteiger partial charge in [0.15, 0.2) is 5.84 Å². The van der Waals surface area contributed by atoms with Crippen LogP contribution in [-0.4, -0.2) is 29.1 Å². The molecule has 1 aliphatic rings. The van der Waals surface area contributed by atoms with Gasteiger partial charge in [-0.1, -0.05) is 12.1 Å². The Morgan fingerprint density at radius 1 is 1.62 bits per heavy atom. The van der Waals surface area contributed by atoms with Crippen LogP contribution in [0.2, 0.25) is 0 Å². The third-order valence-corrected chi connectivity index (χ3v) is 2.90. The lowest BCUT2D eigenvalue weighted by Crippen LogP contribution is -2.21. The number of anilines is 1. The average molecular weight is 220 g/mol. The van der Waals surface area contributed by atoms with E-state index in [1.165, 1.54) is 6.42 Å². The van der Waals surface area contributed by atoms with E-state index in [-0.39, 0.29) is 5.84 Å². The van der Waals surface area contributed by atoms with E-state index in [9.17, 15) is 0 Å². The second kappa shape index (κ2) is 4.38. The normalized spacial score (nSPS) is 21.4. The lowest BCUT2D eigenvalue weighted by atomic mass is 10.2. The Bertz CT molecular complexity index is 387. The summed E-state index contributed by atoms with van der Waals surface area (Å²) in [6, 6.07) is 3.73. The van der Waals surface area contributed by atoms with Crippen LogP contribution in [0.1, 0.15) is 18.9 Å². The van der Waals surface area contributed by atoms with Crippen LogP contribution in [0.3, 0.4) is 0 Å². The highest BCUT2D eigenvalue weighted by Crippen LogP contribution is 2.21. The van der Waals surface area contributed by atoms with Gasteiger partial charge in [-0.2, -0.15) is 0 Å². The molecule has 0 aromatic carbocycles. The van der Waals surface area contributed by atoms with Gasteiger partial charge in [0, 0.05) is 24.8 Å². The van der Waals surface area contributed by atoms with Gasteiger partial charge in [0.05, 0.1) is 0 Å². The summed E-state index contributed by atoms with van der Waals surface area (Å²) in [5.74, 6) is 1.78. The fourth-order valence-corrected chi connectivity index (χ4v) is 1.93. The molecular formula is C11H16N4O. The summed E-state index contributed by atoms with van der Waals surface area (Å²) in [7, 11) is 0. The summed E-state index contributed by atoms with van der Waals surface area (Å²) in [5, 5.41) is 11.5. The highest BCUT2D eigenvalue weighted by Gasteiger charge is 2.19. The standard InChI is InChI=1S/C11H16N4O/c1-8-4-5-15(7-8)10-3-2-9(6-13-10)11(12)14-16/h2-3,6,8,16H,4-5,7H2,1H3,(H2,12,14). The van der Waals surface area contributed by atoms with Crippen LogP contribution in [0.4, 0.5) is 5.82 Å². The summed E-state index contributed by atoms with van der Waals surface area (Å²) < 4.78 is 0. The van der Waals surface area contributed by atoms with Gasteiger partial charge in [-0.3, -0.25) is 0 Å². The molecular weight excluding hydrogens is 204 g/mol. The molecule has 0 radical (unpaired) electrons. The topological polar surface area (TPSA) is 74.7 Å². The number of amidine groups is 1. The molecule has 0 amide bonds. The van der Waals surface area contributed by atoms with Gasteiger partial charge in [0.25, 0.3) is 0 Å². The number of aromatic nitrogens is 1. The third kappa shape index (κ3) is 2.08. The van der Waals surface area contributed by atoms with E-state index >= 15 is 0 Å². The minimum Gasteiger partial charge on any atom is -0.409 e. The maximum atomic E-state index is 8.53. The predicted molar refractivity (Wildman–Crippen MR) is 62.7 cm³/mol. The van der Waals surface area contributed by atoms with E-state index in [0.29, 0.717) is 5.56 Å². The summed E-state index contributed by atoms with van der Waals surface area (Å²) in [6.45, 7) is 4.35. The number of pyridine rings is 1. The maximum absolute atomic E-state index is 8.53. The first-order valence-corrected chi connectivity index (χ1v) is 5.39. The van der Waals surface area contributed by atoms with Crippen molar-refractivity contribution in [2.75, 3.05) is 18.0 Å². The molecule has 1 aliphatic heterocycles. The lowest BCUT2D eigenvalue weighted by Gasteiger charge is -2.16. The van der Waals surface area contributed by atoms with E-state index < -0.39 is 0 Å².